The Morgan fingerprint density at radius 1 is 0.975 bits per heavy atom. The summed E-state index contributed by atoms with van der Waals surface area (Å²) in [6.07, 6.45) is 15.7. The third-order valence-corrected chi connectivity index (χ3v) is 13.3. The van der Waals surface area contributed by atoms with Crippen LogP contribution in [-0.2, 0) is 4.74 Å². The van der Waals surface area contributed by atoms with Gasteiger partial charge in [-0.1, -0.05) is 81.5 Å². The first-order chi connectivity index (χ1) is 18.9. The van der Waals surface area contributed by atoms with Crippen LogP contribution in [0.4, 0.5) is 4.79 Å². The van der Waals surface area contributed by atoms with E-state index in [2.05, 4.69) is 88.5 Å². The molecule has 0 amide bonds. The maximum Gasteiger partial charge on any atom is 0.514 e. The molecular formula is C34H47Br3O3. The molecule has 0 radical (unpaired) electrons. The fourth-order valence-electron chi connectivity index (χ4n) is 9.62. The summed E-state index contributed by atoms with van der Waals surface area (Å²) in [6.45, 7) is 12.5. The van der Waals surface area contributed by atoms with Crippen LogP contribution < -0.4 is 4.74 Å². The van der Waals surface area contributed by atoms with Crippen molar-refractivity contribution in [1.82, 2.24) is 0 Å². The number of hydrogen-bond acceptors (Lipinski definition) is 3. The lowest BCUT2D eigenvalue weighted by Crippen LogP contribution is -2.51. The van der Waals surface area contributed by atoms with Crippen LogP contribution in [0.2, 0.25) is 0 Å². The minimum atomic E-state index is -0.625. The number of carbonyl (C=O) groups excluding carboxylic acids is 1. The van der Waals surface area contributed by atoms with E-state index in [9.17, 15) is 4.79 Å². The number of hydrogen-bond donors (Lipinski definition) is 0. The molecule has 1 aromatic rings. The standard InChI is InChI=1S/C34H47Br3O3/c1-20(2)7-6-8-21(3)26-11-12-27-25-10-9-22-17-24(13-15-33(22,4)28(25)14-16-34(26,27)5)39-32(38)40-31-29(36)18-23(35)19-30(31)37/h9,18-21,24-28H,6-8,10-17H2,1-5H3/t21-,24+,25?,26-,27?,28?,33+,34-/m1/s1. The first-order valence-electron chi connectivity index (χ1n) is 15.6. The second kappa shape index (κ2) is 12.3. The molecule has 0 aromatic heterocycles. The van der Waals surface area contributed by atoms with Crippen molar-refractivity contribution < 1.29 is 14.3 Å². The van der Waals surface area contributed by atoms with Gasteiger partial charge in [0.1, 0.15) is 6.10 Å². The molecule has 3 nitrogen and oxygen atoms in total. The van der Waals surface area contributed by atoms with Crippen LogP contribution in [0.3, 0.4) is 0 Å². The van der Waals surface area contributed by atoms with E-state index >= 15 is 0 Å². The molecule has 40 heavy (non-hydrogen) atoms. The summed E-state index contributed by atoms with van der Waals surface area (Å²) in [4.78, 5) is 12.8. The van der Waals surface area contributed by atoms with Crippen LogP contribution >= 0.6 is 47.8 Å². The molecule has 0 aliphatic heterocycles. The van der Waals surface area contributed by atoms with Crippen LogP contribution in [0.15, 0.2) is 37.2 Å². The van der Waals surface area contributed by atoms with E-state index < -0.39 is 6.16 Å². The molecular weight excluding hydrogens is 696 g/mol. The average molecular weight is 743 g/mol. The van der Waals surface area contributed by atoms with Crippen molar-refractivity contribution >= 4 is 53.9 Å². The number of carbonyl (C=O) groups is 1. The third kappa shape index (κ3) is 6.03. The molecule has 3 saturated carbocycles. The van der Waals surface area contributed by atoms with Gasteiger partial charge in [0.05, 0.1) is 8.95 Å². The van der Waals surface area contributed by atoms with Gasteiger partial charge in [0.25, 0.3) is 0 Å². The summed E-state index contributed by atoms with van der Waals surface area (Å²) >= 11 is 10.4. The van der Waals surface area contributed by atoms with Crippen molar-refractivity contribution in [3.63, 3.8) is 0 Å². The Morgan fingerprint density at radius 3 is 2.40 bits per heavy atom. The van der Waals surface area contributed by atoms with E-state index in [-0.39, 0.29) is 11.5 Å². The van der Waals surface area contributed by atoms with Crippen molar-refractivity contribution in [2.75, 3.05) is 0 Å². The molecule has 3 fully saturated rings. The molecule has 3 unspecified atom stereocenters. The highest BCUT2D eigenvalue weighted by Gasteiger charge is 2.59. The molecule has 0 spiro atoms. The van der Waals surface area contributed by atoms with Gasteiger partial charge in [-0.2, -0.15) is 0 Å². The van der Waals surface area contributed by atoms with Crippen LogP contribution in [0.25, 0.3) is 0 Å². The molecule has 8 atom stereocenters. The SMILES string of the molecule is CC(C)CCC[C@@H](C)[C@H]1CCC2C3CC=C4C[C@@H](OC(=O)Oc5c(Br)cc(Br)cc5Br)CC[C@]4(C)C3CC[C@@]21C. The average Bonchev–Trinajstić information content (AvgIpc) is 3.23. The van der Waals surface area contributed by atoms with Crippen molar-refractivity contribution in [3.8, 4) is 5.75 Å². The minimum absolute atomic E-state index is 0.118. The van der Waals surface area contributed by atoms with Crippen LogP contribution in [0.1, 0.15) is 105 Å². The highest BCUT2D eigenvalue weighted by atomic mass is 79.9. The van der Waals surface area contributed by atoms with E-state index in [4.69, 9.17) is 9.47 Å². The molecule has 0 N–H and O–H groups in total. The zero-order valence-corrected chi connectivity index (χ0v) is 29.7. The van der Waals surface area contributed by atoms with Gasteiger partial charge in [0, 0.05) is 10.9 Å². The monoisotopic (exact) mass is 740 g/mol. The normalized spacial score (nSPS) is 35.8. The summed E-state index contributed by atoms with van der Waals surface area (Å²) in [5.41, 5.74) is 2.29. The smallest absolute Gasteiger partial charge is 0.430 e. The fraction of sp³-hybridized carbons (Fsp3) is 0.735. The molecule has 4 aliphatic rings. The first kappa shape index (κ1) is 31.1. The van der Waals surface area contributed by atoms with Crippen LogP contribution in [0, 0.1) is 46.3 Å². The van der Waals surface area contributed by atoms with E-state index in [0.29, 0.717) is 20.1 Å². The number of allylic oxidation sites excluding steroid dienone is 1. The van der Waals surface area contributed by atoms with Gasteiger partial charge in [0.2, 0.25) is 0 Å². The lowest BCUT2D eigenvalue weighted by Gasteiger charge is -2.58. The van der Waals surface area contributed by atoms with E-state index in [1.165, 1.54) is 56.9 Å². The summed E-state index contributed by atoms with van der Waals surface area (Å²) in [6, 6.07) is 3.72. The molecule has 222 valence electrons. The Balaban J connectivity index is 1.23. The second-order valence-electron chi connectivity index (χ2n) is 14.3. The van der Waals surface area contributed by atoms with Crippen molar-refractivity contribution in [1.29, 1.82) is 0 Å². The van der Waals surface area contributed by atoms with Gasteiger partial charge >= 0.3 is 6.16 Å². The second-order valence-corrected chi connectivity index (χ2v) is 16.9. The summed E-state index contributed by atoms with van der Waals surface area (Å²) in [5.74, 6) is 5.46. The quantitative estimate of drug-likeness (QED) is 0.158. The Bertz CT molecular complexity index is 1110. The molecule has 4 aliphatic carbocycles. The Labute approximate surface area is 267 Å². The highest BCUT2D eigenvalue weighted by Crippen LogP contribution is 2.67. The molecule has 0 heterocycles. The van der Waals surface area contributed by atoms with E-state index in [1.807, 2.05) is 12.1 Å². The lowest BCUT2D eigenvalue weighted by molar-refractivity contribution is -0.0597. The zero-order chi connectivity index (χ0) is 28.8. The van der Waals surface area contributed by atoms with Crippen LogP contribution in [-0.4, -0.2) is 12.3 Å². The molecule has 0 bridgehead atoms. The Kier molecular flexibility index (Phi) is 9.60. The number of ether oxygens (including phenoxy) is 2. The molecule has 0 saturated heterocycles. The third-order valence-electron chi connectivity index (χ3n) is 11.7. The van der Waals surface area contributed by atoms with Crippen molar-refractivity contribution in [3.05, 3.63) is 37.2 Å². The maximum absolute atomic E-state index is 12.8. The summed E-state index contributed by atoms with van der Waals surface area (Å²) < 4.78 is 13.8. The number of fused-ring (bicyclic) bond motifs is 5. The van der Waals surface area contributed by atoms with E-state index in [0.717, 1.165) is 59.2 Å². The zero-order valence-electron chi connectivity index (χ0n) is 24.9. The summed E-state index contributed by atoms with van der Waals surface area (Å²) in [5, 5.41) is 0. The first-order valence-corrected chi connectivity index (χ1v) is 18.0. The summed E-state index contributed by atoms with van der Waals surface area (Å²) in [7, 11) is 0. The van der Waals surface area contributed by atoms with E-state index in [1.54, 1.807) is 0 Å². The topological polar surface area (TPSA) is 35.5 Å². The maximum atomic E-state index is 12.8. The molecule has 1 aromatic carbocycles. The van der Waals surface area contributed by atoms with Crippen molar-refractivity contribution in [2.24, 2.45) is 46.3 Å². The predicted octanol–water partition coefficient (Wildman–Crippen LogP) is 11.9. The molecule has 6 heteroatoms. The Morgan fingerprint density at radius 2 is 1.70 bits per heavy atom. The fourth-order valence-corrected chi connectivity index (χ4v) is 12.0. The number of benzene rings is 1. The van der Waals surface area contributed by atoms with Gasteiger partial charge in [-0.3, -0.25) is 0 Å². The van der Waals surface area contributed by atoms with Gasteiger partial charge in [0.15, 0.2) is 5.75 Å². The lowest BCUT2D eigenvalue weighted by atomic mass is 9.47. The van der Waals surface area contributed by atoms with Gasteiger partial charge in [-0.15, -0.1) is 0 Å². The largest absolute Gasteiger partial charge is 0.514 e. The Hall–Kier alpha value is -0.330. The highest BCUT2D eigenvalue weighted by molar-refractivity contribution is 9.11. The van der Waals surface area contributed by atoms with Gasteiger partial charge in [-0.25, -0.2) is 4.79 Å². The molecule has 5 rings (SSSR count). The minimum Gasteiger partial charge on any atom is -0.430 e. The number of rotatable bonds is 7. The number of halogens is 3. The van der Waals surface area contributed by atoms with Crippen LogP contribution in [0.5, 0.6) is 5.75 Å². The van der Waals surface area contributed by atoms with Gasteiger partial charge < -0.3 is 9.47 Å². The predicted molar refractivity (Wildman–Crippen MR) is 173 cm³/mol. The van der Waals surface area contributed by atoms with Gasteiger partial charge in [-0.05, 0) is 135 Å². The van der Waals surface area contributed by atoms with Crippen molar-refractivity contribution in [2.45, 2.75) is 111 Å².